The van der Waals surface area contributed by atoms with E-state index >= 15 is 0 Å². The van der Waals surface area contributed by atoms with Gasteiger partial charge in [0.05, 0.1) is 25.4 Å². The van der Waals surface area contributed by atoms with E-state index in [2.05, 4.69) is 5.32 Å². The van der Waals surface area contributed by atoms with Crippen LogP contribution in [0.3, 0.4) is 0 Å². The zero-order valence-electron chi connectivity index (χ0n) is 9.28. The van der Waals surface area contributed by atoms with Crippen molar-refractivity contribution in [3.8, 4) is 0 Å². The van der Waals surface area contributed by atoms with E-state index in [1.165, 1.54) is 0 Å². The van der Waals surface area contributed by atoms with Crippen LogP contribution in [0.4, 0.5) is 0 Å². The maximum Gasteiger partial charge on any atom is 0.147 e. The highest BCUT2D eigenvalue weighted by atomic mass is 16.7. The summed E-state index contributed by atoms with van der Waals surface area (Å²) in [6.45, 7) is 3.18. The van der Waals surface area contributed by atoms with E-state index in [0.29, 0.717) is 19.8 Å². The van der Waals surface area contributed by atoms with Crippen LogP contribution in [-0.4, -0.2) is 57.5 Å². The summed E-state index contributed by atoms with van der Waals surface area (Å²) in [5.74, 6) is 0. The van der Waals surface area contributed by atoms with Crippen molar-refractivity contribution < 1.29 is 19.3 Å². The highest BCUT2D eigenvalue weighted by Gasteiger charge is 2.13. The van der Waals surface area contributed by atoms with E-state index in [4.69, 9.17) is 14.2 Å². The zero-order chi connectivity index (χ0) is 10.9. The molecule has 1 aliphatic rings. The van der Waals surface area contributed by atoms with Gasteiger partial charge in [-0.05, 0) is 19.4 Å². The molecule has 90 valence electrons. The van der Waals surface area contributed by atoms with Crippen LogP contribution in [0, 0.1) is 0 Å². The van der Waals surface area contributed by atoms with Gasteiger partial charge in [0.2, 0.25) is 0 Å². The fourth-order valence-electron chi connectivity index (χ4n) is 1.47. The monoisotopic (exact) mass is 219 g/mol. The Morgan fingerprint density at radius 3 is 3.13 bits per heavy atom. The Labute approximate surface area is 90.7 Å². The average molecular weight is 219 g/mol. The molecule has 1 aliphatic heterocycles. The van der Waals surface area contributed by atoms with Crippen molar-refractivity contribution in [3.05, 3.63) is 0 Å². The average Bonchev–Trinajstić information content (AvgIpc) is 2.26. The Hall–Kier alpha value is -0.200. The molecule has 0 amide bonds. The third-order valence-corrected chi connectivity index (χ3v) is 2.36. The second-order valence-electron chi connectivity index (χ2n) is 3.71. The molecule has 0 aromatic rings. The third-order valence-electron chi connectivity index (χ3n) is 2.36. The molecule has 0 aromatic carbocycles. The van der Waals surface area contributed by atoms with E-state index < -0.39 is 0 Å². The maximum absolute atomic E-state index is 9.37. The Morgan fingerprint density at radius 1 is 1.60 bits per heavy atom. The second-order valence-corrected chi connectivity index (χ2v) is 3.71. The van der Waals surface area contributed by atoms with Crippen LogP contribution in [-0.2, 0) is 14.2 Å². The first kappa shape index (κ1) is 12.9. The molecule has 0 aromatic heterocycles. The number of nitrogens with one attached hydrogen (secondary N) is 1. The van der Waals surface area contributed by atoms with Crippen molar-refractivity contribution in [2.24, 2.45) is 0 Å². The van der Waals surface area contributed by atoms with E-state index in [9.17, 15) is 5.11 Å². The molecule has 0 saturated carbocycles. The quantitative estimate of drug-likeness (QED) is 0.578. The number of aliphatic hydroxyl groups excluding tert-OH is 1. The number of hydrogen-bond donors (Lipinski definition) is 2. The summed E-state index contributed by atoms with van der Waals surface area (Å²) in [6.07, 6.45) is 1.52. The molecule has 1 heterocycles. The molecule has 5 nitrogen and oxygen atoms in total. The normalized spacial score (nSPS) is 24.0. The fourth-order valence-corrected chi connectivity index (χ4v) is 1.47. The van der Waals surface area contributed by atoms with Gasteiger partial charge in [0.15, 0.2) is 0 Å². The zero-order valence-corrected chi connectivity index (χ0v) is 9.28. The van der Waals surface area contributed by atoms with E-state index in [1.54, 1.807) is 7.11 Å². The van der Waals surface area contributed by atoms with Crippen molar-refractivity contribution in [2.75, 3.05) is 40.2 Å². The van der Waals surface area contributed by atoms with Crippen molar-refractivity contribution in [1.82, 2.24) is 5.32 Å². The highest BCUT2D eigenvalue weighted by Crippen LogP contribution is 2.04. The molecule has 1 saturated heterocycles. The van der Waals surface area contributed by atoms with E-state index in [-0.39, 0.29) is 12.2 Å². The maximum atomic E-state index is 9.37. The molecule has 2 atom stereocenters. The molecule has 2 unspecified atom stereocenters. The van der Waals surface area contributed by atoms with Gasteiger partial charge in [-0.1, -0.05) is 0 Å². The van der Waals surface area contributed by atoms with Gasteiger partial charge in [-0.25, -0.2) is 0 Å². The van der Waals surface area contributed by atoms with Crippen LogP contribution >= 0.6 is 0 Å². The Bertz CT molecular complexity index is 150. The topological polar surface area (TPSA) is 60.0 Å². The minimum atomic E-state index is -0.377. The fraction of sp³-hybridized carbons (Fsp3) is 1.00. The summed E-state index contributed by atoms with van der Waals surface area (Å²) < 4.78 is 15.3. The second kappa shape index (κ2) is 8.01. The number of ether oxygens (including phenoxy) is 3. The molecule has 0 radical (unpaired) electrons. The first-order chi connectivity index (χ1) is 7.33. The Morgan fingerprint density at radius 2 is 2.47 bits per heavy atom. The molecule has 0 spiro atoms. The van der Waals surface area contributed by atoms with Gasteiger partial charge >= 0.3 is 0 Å². The number of hydrogen-bond acceptors (Lipinski definition) is 5. The lowest BCUT2D eigenvalue weighted by molar-refractivity contribution is -0.137. The van der Waals surface area contributed by atoms with Crippen LogP contribution in [0.25, 0.3) is 0 Å². The third kappa shape index (κ3) is 6.06. The molecular formula is C10H21NO4. The van der Waals surface area contributed by atoms with Crippen molar-refractivity contribution in [3.63, 3.8) is 0 Å². The number of rotatable bonds is 7. The van der Waals surface area contributed by atoms with Crippen LogP contribution in [0.5, 0.6) is 0 Å². The first-order valence-electron chi connectivity index (χ1n) is 5.40. The molecule has 1 fully saturated rings. The van der Waals surface area contributed by atoms with Gasteiger partial charge < -0.3 is 24.6 Å². The van der Waals surface area contributed by atoms with E-state index in [0.717, 1.165) is 26.1 Å². The van der Waals surface area contributed by atoms with Crippen LogP contribution in [0.15, 0.2) is 0 Å². The van der Waals surface area contributed by atoms with Gasteiger partial charge in [-0.15, -0.1) is 0 Å². The summed E-state index contributed by atoms with van der Waals surface area (Å²) in [7, 11) is 1.59. The van der Waals surface area contributed by atoms with Crippen molar-refractivity contribution in [1.29, 1.82) is 0 Å². The number of methoxy groups -OCH3 is 1. The molecule has 0 bridgehead atoms. The molecule has 5 heteroatoms. The van der Waals surface area contributed by atoms with Crippen molar-refractivity contribution >= 4 is 0 Å². The summed E-state index contributed by atoms with van der Waals surface area (Å²) in [6, 6.07) is 0. The number of aliphatic hydroxyl groups is 1. The van der Waals surface area contributed by atoms with Gasteiger partial charge in [0.25, 0.3) is 0 Å². The first-order valence-corrected chi connectivity index (χ1v) is 5.40. The van der Waals surface area contributed by atoms with Crippen LogP contribution < -0.4 is 5.32 Å². The lowest BCUT2D eigenvalue weighted by atomic mass is 10.2. The highest BCUT2D eigenvalue weighted by molar-refractivity contribution is 4.64. The van der Waals surface area contributed by atoms with Crippen LogP contribution in [0.1, 0.15) is 12.8 Å². The SMILES string of the molecule is COCC(O)CCNCC1CCOCO1. The van der Waals surface area contributed by atoms with Crippen molar-refractivity contribution in [2.45, 2.75) is 25.0 Å². The van der Waals surface area contributed by atoms with Crippen LogP contribution in [0.2, 0.25) is 0 Å². The van der Waals surface area contributed by atoms with E-state index in [1.807, 2.05) is 0 Å². The summed E-state index contributed by atoms with van der Waals surface area (Å²) in [5, 5.41) is 12.6. The lowest BCUT2D eigenvalue weighted by Crippen LogP contribution is -2.35. The van der Waals surface area contributed by atoms with Gasteiger partial charge in [0, 0.05) is 13.7 Å². The summed E-state index contributed by atoms with van der Waals surface area (Å²) in [5.41, 5.74) is 0. The molecule has 15 heavy (non-hydrogen) atoms. The summed E-state index contributed by atoms with van der Waals surface area (Å²) >= 11 is 0. The van der Waals surface area contributed by atoms with Gasteiger partial charge in [0.1, 0.15) is 6.79 Å². The van der Waals surface area contributed by atoms with Gasteiger partial charge in [-0.2, -0.15) is 0 Å². The standard InChI is InChI=1S/C10H21NO4/c1-13-7-9(12)2-4-11-6-10-3-5-14-8-15-10/h9-12H,2-8H2,1H3. The largest absolute Gasteiger partial charge is 0.391 e. The molecule has 1 rings (SSSR count). The molecule has 2 N–H and O–H groups in total. The molecule has 0 aliphatic carbocycles. The minimum absolute atomic E-state index is 0.248. The Kier molecular flexibility index (Phi) is 6.87. The lowest BCUT2D eigenvalue weighted by Gasteiger charge is -2.23. The summed E-state index contributed by atoms with van der Waals surface area (Å²) in [4.78, 5) is 0. The predicted molar refractivity (Wildman–Crippen MR) is 55.7 cm³/mol. The Balaban J connectivity index is 1.91. The smallest absolute Gasteiger partial charge is 0.147 e. The predicted octanol–water partition coefficient (Wildman–Crippen LogP) is -0.264. The van der Waals surface area contributed by atoms with Gasteiger partial charge in [-0.3, -0.25) is 0 Å². The minimum Gasteiger partial charge on any atom is -0.391 e. The molecular weight excluding hydrogens is 198 g/mol.